The number of carbonyl (C=O) groups is 1. The summed E-state index contributed by atoms with van der Waals surface area (Å²) in [4.78, 5) is 14.4. The molecule has 2 aliphatic rings. The molecular formula is C22H34N2O2. The van der Waals surface area contributed by atoms with E-state index >= 15 is 0 Å². The Morgan fingerprint density at radius 2 is 1.96 bits per heavy atom. The zero-order valence-corrected chi connectivity index (χ0v) is 16.5. The van der Waals surface area contributed by atoms with Crippen molar-refractivity contribution in [2.45, 2.75) is 70.6 Å². The van der Waals surface area contributed by atoms with Crippen molar-refractivity contribution in [2.24, 2.45) is 5.92 Å². The topological polar surface area (TPSA) is 41.6 Å². The van der Waals surface area contributed by atoms with E-state index < -0.39 is 0 Å². The van der Waals surface area contributed by atoms with Gasteiger partial charge in [-0.15, -0.1) is 0 Å². The van der Waals surface area contributed by atoms with Gasteiger partial charge in [0, 0.05) is 25.6 Å². The Balaban J connectivity index is 1.69. The molecule has 2 saturated heterocycles. The molecule has 0 bridgehead atoms. The number of hydrogen-bond acceptors (Lipinski definition) is 3. The van der Waals surface area contributed by atoms with Crippen molar-refractivity contribution in [3.8, 4) is 0 Å². The van der Waals surface area contributed by atoms with Crippen LogP contribution in [0.4, 0.5) is 0 Å². The number of nitrogens with one attached hydrogen (secondary N) is 1. The molecule has 26 heavy (non-hydrogen) atoms. The SMILES string of the molecule is CCN[C@H]1C[C@@H](c2ccccc2)OC2(CCN(C(=O)CC(C)C)CC2)C1. The van der Waals surface area contributed by atoms with Crippen LogP contribution in [0.2, 0.25) is 0 Å². The van der Waals surface area contributed by atoms with Crippen LogP contribution in [-0.2, 0) is 9.53 Å². The van der Waals surface area contributed by atoms with Crippen molar-refractivity contribution in [3.63, 3.8) is 0 Å². The molecule has 1 aromatic carbocycles. The molecule has 2 fully saturated rings. The molecule has 1 aromatic rings. The van der Waals surface area contributed by atoms with Gasteiger partial charge < -0.3 is 15.0 Å². The number of benzene rings is 1. The van der Waals surface area contributed by atoms with Gasteiger partial charge in [0.2, 0.25) is 5.91 Å². The maximum atomic E-state index is 12.4. The maximum absolute atomic E-state index is 12.4. The summed E-state index contributed by atoms with van der Waals surface area (Å²) >= 11 is 0. The maximum Gasteiger partial charge on any atom is 0.222 e. The Labute approximate surface area is 158 Å². The van der Waals surface area contributed by atoms with E-state index in [9.17, 15) is 4.79 Å². The number of piperidine rings is 1. The number of nitrogens with zero attached hydrogens (tertiary/aromatic N) is 1. The number of carbonyl (C=O) groups excluding carboxylic acids is 1. The second-order valence-corrected chi connectivity index (χ2v) is 8.37. The highest BCUT2D eigenvalue weighted by Crippen LogP contribution is 2.43. The minimum Gasteiger partial charge on any atom is -0.367 e. The summed E-state index contributed by atoms with van der Waals surface area (Å²) in [6.45, 7) is 9.03. The van der Waals surface area contributed by atoms with Gasteiger partial charge >= 0.3 is 0 Å². The molecule has 3 rings (SSSR count). The average molecular weight is 359 g/mol. The van der Waals surface area contributed by atoms with Crippen LogP contribution in [0, 0.1) is 5.92 Å². The fraction of sp³-hybridized carbons (Fsp3) is 0.682. The van der Waals surface area contributed by atoms with Gasteiger partial charge in [0.05, 0.1) is 11.7 Å². The molecule has 2 atom stereocenters. The highest BCUT2D eigenvalue weighted by Gasteiger charge is 2.44. The molecule has 4 nitrogen and oxygen atoms in total. The van der Waals surface area contributed by atoms with E-state index in [1.807, 2.05) is 4.90 Å². The first kappa shape index (κ1) is 19.4. The zero-order chi connectivity index (χ0) is 18.6. The second-order valence-electron chi connectivity index (χ2n) is 8.37. The third-order valence-corrected chi connectivity index (χ3v) is 5.78. The normalized spacial score (nSPS) is 25.6. The van der Waals surface area contributed by atoms with Crippen molar-refractivity contribution in [1.29, 1.82) is 0 Å². The minimum absolute atomic E-state index is 0.0970. The molecule has 1 spiro atoms. The van der Waals surface area contributed by atoms with Crippen molar-refractivity contribution < 1.29 is 9.53 Å². The number of ether oxygens (including phenoxy) is 1. The van der Waals surface area contributed by atoms with Gasteiger partial charge in [0.1, 0.15) is 0 Å². The Hall–Kier alpha value is -1.39. The van der Waals surface area contributed by atoms with Crippen LogP contribution in [0.5, 0.6) is 0 Å². The van der Waals surface area contributed by atoms with Crippen molar-refractivity contribution in [3.05, 3.63) is 35.9 Å². The molecule has 0 saturated carbocycles. The van der Waals surface area contributed by atoms with Gasteiger partial charge in [0.15, 0.2) is 0 Å². The van der Waals surface area contributed by atoms with E-state index in [1.54, 1.807) is 0 Å². The Bertz CT molecular complexity index is 579. The van der Waals surface area contributed by atoms with Gasteiger partial charge in [-0.3, -0.25) is 4.79 Å². The molecule has 0 aromatic heterocycles. The van der Waals surface area contributed by atoms with Crippen LogP contribution in [0.15, 0.2) is 30.3 Å². The van der Waals surface area contributed by atoms with Crippen molar-refractivity contribution in [2.75, 3.05) is 19.6 Å². The van der Waals surface area contributed by atoms with E-state index in [2.05, 4.69) is 56.4 Å². The van der Waals surface area contributed by atoms with Gasteiger partial charge in [-0.25, -0.2) is 0 Å². The van der Waals surface area contributed by atoms with Crippen LogP contribution in [0.25, 0.3) is 0 Å². The minimum atomic E-state index is -0.0970. The lowest BCUT2D eigenvalue weighted by Gasteiger charge is -2.49. The lowest BCUT2D eigenvalue weighted by molar-refractivity contribution is -0.168. The predicted molar refractivity (Wildman–Crippen MR) is 105 cm³/mol. The highest BCUT2D eigenvalue weighted by atomic mass is 16.5. The zero-order valence-electron chi connectivity index (χ0n) is 16.5. The fourth-order valence-corrected chi connectivity index (χ4v) is 4.47. The molecule has 4 heteroatoms. The Morgan fingerprint density at radius 3 is 2.58 bits per heavy atom. The van der Waals surface area contributed by atoms with Crippen molar-refractivity contribution >= 4 is 5.91 Å². The quantitative estimate of drug-likeness (QED) is 0.867. The van der Waals surface area contributed by atoms with Gasteiger partial charge in [-0.05, 0) is 43.7 Å². The predicted octanol–water partition coefficient (Wildman–Crippen LogP) is 3.92. The summed E-state index contributed by atoms with van der Waals surface area (Å²) in [5.74, 6) is 0.721. The molecule has 2 aliphatic heterocycles. The molecule has 0 aliphatic carbocycles. The van der Waals surface area contributed by atoms with Gasteiger partial charge in [0.25, 0.3) is 0 Å². The lowest BCUT2D eigenvalue weighted by Crippen LogP contribution is -2.54. The van der Waals surface area contributed by atoms with E-state index in [0.29, 0.717) is 24.3 Å². The molecular weight excluding hydrogens is 324 g/mol. The largest absolute Gasteiger partial charge is 0.367 e. The third kappa shape index (κ3) is 4.66. The Kier molecular flexibility index (Phi) is 6.36. The van der Waals surface area contributed by atoms with Crippen LogP contribution < -0.4 is 5.32 Å². The number of rotatable bonds is 5. The van der Waals surface area contributed by atoms with E-state index in [-0.39, 0.29) is 11.7 Å². The van der Waals surface area contributed by atoms with Crippen LogP contribution in [0.1, 0.15) is 64.5 Å². The molecule has 144 valence electrons. The number of amides is 1. The average Bonchev–Trinajstić information content (AvgIpc) is 2.62. The highest BCUT2D eigenvalue weighted by molar-refractivity contribution is 5.76. The van der Waals surface area contributed by atoms with E-state index in [0.717, 1.165) is 45.3 Å². The van der Waals surface area contributed by atoms with Crippen molar-refractivity contribution in [1.82, 2.24) is 10.2 Å². The standard InChI is InChI=1S/C22H34N2O2/c1-4-23-19-15-20(18-8-6-5-7-9-18)26-22(16-19)10-12-24(13-11-22)21(25)14-17(2)3/h5-9,17,19-20,23H,4,10-16H2,1-3H3/t19-,20-/m0/s1. The number of likely N-dealkylation sites (tertiary alicyclic amines) is 1. The smallest absolute Gasteiger partial charge is 0.222 e. The first-order chi connectivity index (χ1) is 12.5. The second kappa shape index (κ2) is 8.53. The fourth-order valence-electron chi connectivity index (χ4n) is 4.47. The Morgan fingerprint density at radius 1 is 1.27 bits per heavy atom. The van der Waals surface area contributed by atoms with Gasteiger partial charge in [-0.2, -0.15) is 0 Å². The first-order valence-electron chi connectivity index (χ1n) is 10.3. The summed E-state index contributed by atoms with van der Waals surface area (Å²) in [6.07, 6.45) is 4.77. The summed E-state index contributed by atoms with van der Waals surface area (Å²) in [7, 11) is 0. The third-order valence-electron chi connectivity index (χ3n) is 5.78. The monoisotopic (exact) mass is 358 g/mol. The van der Waals surface area contributed by atoms with Gasteiger partial charge in [-0.1, -0.05) is 51.1 Å². The molecule has 2 heterocycles. The van der Waals surface area contributed by atoms with E-state index in [4.69, 9.17) is 4.74 Å². The lowest BCUT2D eigenvalue weighted by atomic mass is 9.79. The molecule has 1 N–H and O–H groups in total. The summed E-state index contributed by atoms with van der Waals surface area (Å²) in [5, 5.41) is 3.66. The van der Waals surface area contributed by atoms with Crippen LogP contribution in [0.3, 0.4) is 0 Å². The molecule has 1 amide bonds. The van der Waals surface area contributed by atoms with Crippen LogP contribution >= 0.6 is 0 Å². The number of hydrogen-bond donors (Lipinski definition) is 1. The van der Waals surface area contributed by atoms with Crippen LogP contribution in [-0.4, -0.2) is 42.1 Å². The van der Waals surface area contributed by atoms with E-state index in [1.165, 1.54) is 5.56 Å². The summed E-state index contributed by atoms with van der Waals surface area (Å²) in [6, 6.07) is 11.1. The molecule has 0 unspecified atom stereocenters. The molecule has 0 radical (unpaired) electrons. The first-order valence-corrected chi connectivity index (χ1v) is 10.3. The summed E-state index contributed by atoms with van der Waals surface area (Å²) < 4.78 is 6.71. The summed E-state index contributed by atoms with van der Waals surface area (Å²) in [5.41, 5.74) is 1.17.